The SMILES string of the molecule is CCCCNC(=O)[C@@H](CC)N(Cc1ccc(Cl)cc1)C(=O)CN(c1ccc(Cl)c(Cl)c1)S(=O)(=O)c1ccccc1. The average molecular weight is 625 g/mol. The Hall–Kier alpha value is -2.78. The van der Waals surface area contributed by atoms with Crippen LogP contribution < -0.4 is 9.62 Å². The molecule has 7 nitrogen and oxygen atoms in total. The Bertz CT molecular complexity index is 1400. The molecule has 0 radical (unpaired) electrons. The predicted octanol–water partition coefficient (Wildman–Crippen LogP) is 6.57. The number of benzene rings is 3. The van der Waals surface area contributed by atoms with Gasteiger partial charge < -0.3 is 10.2 Å². The van der Waals surface area contributed by atoms with Gasteiger partial charge in [-0.3, -0.25) is 13.9 Å². The molecule has 0 heterocycles. The Morgan fingerprint density at radius 1 is 0.900 bits per heavy atom. The van der Waals surface area contributed by atoms with E-state index in [1.165, 1.54) is 35.2 Å². The second kappa shape index (κ2) is 14.7. The Balaban J connectivity index is 2.04. The van der Waals surface area contributed by atoms with Gasteiger partial charge in [-0.05, 0) is 60.9 Å². The third-order valence-electron chi connectivity index (χ3n) is 6.28. The summed E-state index contributed by atoms with van der Waals surface area (Å²) in [5.74, 6) is -0.858. The lowest BCUT2D eigenvalue weighted by molar-refractivity contribution is -0.140. The minimum atomic E-state index is -4.19. The smallest absolute Gasteiger partial charge is 0.264 e. The minimum absolute atomic E-state index is 0.00229. The summed E-state index contributed by atoms with van der Waals surface area (Å²) in [5.41, 5.74) is 0.906. The van der Waals surface area contributed by atoms with Gasteiger partial charge in [0, 0.05) is 18.1 Å². The standard InChI is InChI=1S/C29H32Cl3N3O4S/c1-3-5-17-33-29(37)27(4-2)34(19-21-11-13-22(30)14-12-21)28(36)20-35(23-15-16-25(31)26(32)18-23)40(38,39)24-9-7-6-8-10-24/h6-16,18,27H,3-5,17,19-20H2,1-2H3,(H,33,37)/t27-/m1/s1. The predicted molar refractivity (Wildman–Crippen MR) is 161 cm³/mol. The summed E-state index contributed by atoms with van der Waals surface area (Å²) in [7, 11) is -4.19. The number of nitrogens with one attached hydrogen (secondary N) is 1. The van der Waals surface area contributed by atoms with E-state index in [4.69, 9.17) is 34.8 Å². The number of amides is 2. The number of carbonyl (C=O) groups is 2. The Morgan fingerprint density at radius 3 is 2.17 bits per heavy atom. The van der Waals surface area contributed by atoms with Crippen LogP contribution in [0.3, 0.4) is 0 Å². The van der Waals surface area contributed by atoms with E-state index in [1.54, 1.807) is 42.5 Å². The molecule has 0 aliphatic rings. The van der Waals surface area contributed by atoms with E-state index in [2.05, 4.69) is 5.32 Å². The van der Waals surface area contributed by atoms with Crippen LogP contribution in [0.25, 0.3) is 0 Å². The van der Waals surface area contributed by atoms with Crippen molar-refractivity contribution in [3.8, 4) is 0 Å². The maximum atomic E-state index is 14.0. The van der Waals surface area contributed by atoms with E-state index in [0.717, 1.165) is 22.7 Å². The fraction of sp³-hybridized carbons (Fsp3) is 0.310. The highest BCUT2D eigenvalue weighted by molar-refractivity contribution is 7.92. The van der Waals surface area contributed by atoms with E-state index in [0.29, 0.717) is 18.0 Å². The molecular weight excluding hydrogens is 593 g/mol. The van der Waals surface area contributed by atoms with E-state index in [-0.39, 0.29) is 33.1 Å². The van der Waals surface area contributed by atoms with E-state index in [9.17, 15) is 18.0 Å². The summed E-state index contributed by atoms with van der Waals surface area (Å²) in [6, 6.07) is 18.3. The zero-order valence-electron chi connectivity index (χ0n) is 22.3. The summed E-state index contributed by atoms with van der Waals surface area (Å²) < 4.78 is 28.6. The summed E-state index contributed by atoms with van der Waals surface area (Å²) in [5, 5.41) is 3.82. The molecule has 3 aromatic rings. The highest BCUT2D eigenvalue weighted by Gasteiger charge is 2.33. The molecule has 2 amide bonds. The quantitative estimate of drug-likeness (QED) is 0.218. The molecule has 11 heteroatoms. The van der Waals surface area contributed by atoms with Crippen molar-refractivity contribution >= 4 is 62.3 Å². The van der Waals surface area contributed by atoms with Crippen LogP contribution >= 0.6 is 34.8 Å². The highest BCUT2D eigenvalue weighted by atomic mass is 35.5. The van der Waals surface area contributed by atoms with Crippen molar-refractivity contribution in [3.05, 3.63) is 93.4 Å². The van der Waals surface area contributed by atoms with Crippen molar-refractivity contribution < 1.29 is 18.0 Å². The van der Waals surface area contributed by atoms with Crippen molar-refractivity contribution in [1.29, 1.82) is 0 Å². The highest BCUT2D eigenvalue weighted by Crippen LogP contribution is 2.31. The molecule has 1 atom stereocenters. The van der Waals surface area contributed by atoms with Gasteiger partial charge in [-0.2, -0.15) is 0 Å². The minimum Gasteiger partial charge on any atom is -0.354 e. The maximum Gasteiger partial charge on any atom is 0.264 e. The molecule has 0 bridgehead atoms. The lowest BCUT2D eigenvalue weighted by atomic mass is 10.1. The lowest BCUT2D eigenvalue weighted by Gasteiger charge is -2.33. The molecule has 0 spiro atoms. The van der Waals surface area contributed by atoms with Gasteiger partial charge in [-0.1, -0.05) is 85.4 Å². The molecule has 0 saturated carbocycles. The van der Waals surface area contributed by atoms with Crippen LogP contribution in [0.1, 0.15) is 38.7 Å². The average Bonchev–Trinajstić information content (AvgIpc) is 2.94. The number of hydrogen-bond acceptors (Lipinski definition) is 4. The molecule has 0 unspecified atom stereocenters. The van der Waals surface area contributed by atoms with Gasteiger partial charge in [0.2, 0.25) is 11.8 Å². The van der Waals surface area contributed by atoms with Gasteiger partial charge in [-0.25, -0.2) is 8.42 Å². The third kappa shape index (κ3) is 8.13. The Labute approximate surface area is 251 Å². The number of unbranched alkanes of at least 4 members (excludes halogenated alkanes) is 1. The second-order valence-corrected chi connectivity index (χ2v) is 12.3. The fourth-order valence-electron chi connectivity index (χ4n) is 4.10. The summed E-state index contributed by atoms with van der Waals surface area (Å²) in [6.07, 6.45) is 2.03. The van der Waals surface area contributed by atoms with Crippen molar-refractivity contribution in [2.45, 2.75) is 50.6 Å². The Morgan fingerprint density at radius 2 is 1.57 bits per heavy atom. The van der Waals surface area contributed by atoms with Crippen molar-refractivity contribution in [1.82, 2.24) is 10.2 Å². The zero-order chi connectivity index (χ0) is 29.3. The number of carbonyl (C=O) groups excluding carboxylic acids is 2. The number of sulfonamides is 1. The topological polar surface area (TPSA) is 86.8 Å². The molecule has 0 aliphatic carbocycles. The van der Waals surface area contributed by atoms with Crippen LogP contribution in [0.15, 0.2) is 77.7 Å². The fourth-order valence-corrected chi connectivity index (χ4v) is 5.95. The van der Waals surface area contributed by atoms with Crippen LogP contribution in [-0.2, 0) is 26.2 Å². The van der Waals surface area contributed by atoms with Crippen molar-refractivity contribution in [2.24, 2.45) is 0 Å². The molecule has 0 saturated heterocycles. The monoisotopic (exact) mass is 623 g/mol. The zero-order valence-corrected chi connectivity index (χ0v) is 25.4. The molecule has 1 N–H and O–H groups in total. The normalized spacial score (nSPS) is 12.0. The van der Waals surface area contributed by atoms with Gasteiger partial charge >= 0.3 is 0 Å². The molecular formula is C29H32Cl3N3O4S. The molecule has 40 heavy (non-hydrogen) atoms. The summed E-state index contributed by atoms with van der Waals surface area (Å²) in [4.78, 5) is 28.6. The third-order valence-corrected chi connectivity index (χ3v) is 9.06. The first-order valence-electron chi connectivity index (χ1n) is 12.9. The molecule has 214 valence electrons. The van der Waals surface area contributed by atoms with Crippen molar-refractivity contribution in [2.75, 3.05) is 17.4 Å². The van der Waals surface area contributed by atoms with E-state index in [1.807, 2.05) is 13.8 Å². The number of anilines is 1. The van der Waals surface area contributed by atoms with Gasteiger partial charge in [0.15, 0.2) is 0 Å². The first-order chi connectivity index (χ1) is 19.1. The Kier molecular flexibility index (Phi) is 11.7. The summed E-state index contributed by atoms with van der Waals surface area (Å²) >= 11 is 18.4. The first kappa shape index (κ1) is 31.7. The van der Waals surface area contributed by atoms with E-state index < -0.39 is 28.5 Å². The molecule has 3 aromatic carbocycles. The number of rotatable bonds is 13. The summed E-state index contributed by atoms with van der Waals surface area (Å²) in [6.45, 7) is 3.82. The molecule has 3 rings (SSSR count). The van der Waals surface area contributed by atoms with Gasteiger partial charge in [0.1, 0.15) is 12.6 Å². The largest absolute Gasteiger partial charge is 0.354 e. The van der Waals surface area contributed by atoms with Crippen LogP contribution in [0.2, 0.25) is 15.1 Å². The number of halogens is 3. The van der Waals surface area contributed by atoms with Gasteiger partial charge in [0.05, 0.1) is 20.6 Å². The maximum absolute atomic E-state index is 14.0. The van der Waals surface area contributed by atoms with Crippen LogP contribution in [0.4, 0.5) is 5.69 Å². The van der Waals surface area contributed by atoms with Crippen molar-refractivity contribution in [3.63, 3.8) is 0 Å². The van der Waals surface area contributed by atoms with Gasteiger partial charge in [0.25, 0.3) is 10.0 Å². The first-order valence-corrected chi connectivity index (χ1v) is 15.5. The molecule has 0 aliphatic heterocycles. The number of hydrogen-bond donors (Lipinski definition) is 1. The van der Waals surface area contributed by atoms with Gasteiger partial charge in [-0.15, -0.1) is 0 Å². The van der Waals surface area contributed by atoms with Crippen LogP contribution in [-0.4, -0.2) is 44.3 Å². The second-order valence-electron chi connectivity index (χ2n) is 9.14. The van der Waals surface area contributed by atoms with Crippen LogP contribution in [0, 0.1) is 0 Å². The van der Waals surface area contributed by atoms with Crippen LogP contribution in [0.5, 0.6) is 0 Å². The number of nitrogens with zero attached hydrogens (tertiary/aromatic N) is 2. The molecule has 0 aromatic heterocycles. The van der Waals surface area contributed by atoms with E-state index >= 15 is 0 Å². The molecule has 0 fully saturated rings. The lowest BCUT2D eigenvalue weighted by Crippen LogP contribution is -2.52.